The van der Waals surface area contributed by atoms with Gasteiger partial charge < -0.3 is 0 Å². The van der Waals surface area contributed by atoms with Gasteiger partial charge in [-0.1, -0.05) is 79.1 Å². The minimum absolute atomic E-state index is 0.729. The van der Waals surface area contributed by atoms with Crippen LogP contribution >= 0.6 is 54.5 Å². The van der Waals surface area contributed by atoms with Crippen LogP contribution in [0.4, 0.5) is 0 Å². The fourth-order valence-corrected chi connectivity index (χ4v) is 7.99. The van der Waals surface area contributed by atoms with E-state index in [4.69, 9.17) is 9.97 Å². The molecule has 0 aliphatic heterocycles. The van der Waals surface area contributed by atoms with Gasteiger partial charge in [0.15, 0.2) is 0 Å². The molecule has 2 unspecified atom stereocenters. The van der Waals surface area contributed by atoms with Crippen molar-refractivity contribution in [2.75, 3.05) is 0 Å². The lowest BCUT2D eigenvalue weighted by atomic mass is 9.95. The maximum atomic E-state index is 5.21. The molecule has 3 nitrogen and oxygen atoms in total. The average molecular weight is 678 g/mol. The van der Waals surface area contributed by atoms with Crippen LogP contribution in [0.1, 0.15) is 88.8 Å². The van der Waals surface area contributed by atoms with E-state index in [9.17, 15) is 0 Å². The monoisotopic (exact) mass is 675 g/mol. The molecule has 0 saturated heterocycles. The molecule has 0 aromatic carbocycles. The summed E-state index contributed by atoms with van der Waals surface area (Å²) >= 11 is 11.0. The molecule has 4 aromatic heterocycles. The molecule has 4 heterocycles. The summed E-state index contributed by atoms with van der Waals surface area (Å²) < 4.78 is 1.60. The summed E-state index contributed by atoms with van der Waals surface area (Å²) in [6, 6.07) is 9.11. The third kappa shape index (κ3) is 7.32. The standard InChI is InChI=1S/C31H39Br2N3S2/c1-5-9-11-20(7-3)17-22-13-15-25(37-22)28-29(36-30-27(35-28)24(32)19-34-31(30)33)26-16-14-23(38-26)18-21(8-4)12-10-6-2/h13-16,19-21H,5-12,17-18H2,1-4H3. The molecular weight excluding hydrogens is 638 g/mol. The first-order valence-electron chi connectivity index (χ1n) is 14.2. The Morgan fingerprint density at radius 1 is 0.711 bits per heavy atom. The maximum absolute atomic E-state index is 5.21. The van der Waals surface area contributed by atoms with Crippen LogP contribution in [0.25, 0.3) is 32.2 Å². The topological polar surface area (TPSA) is 38.7 Å². The SMILES string of the molecule is CCCCC(CC)Cc1ccc(-c2nc3c(Br)cnc(Br)c3nc2-c2ccc(CC(CC)CCCC)s2)s1. The van der Waals surface area contributed by atoms with Gasteiger partial charge in [0.1, 0.15) is 27.0 Å². The molecular formula is C31H39Br2N3S2. The minimum Gasteiger partial charge on any atom is -0.246 e. The third-order valence-corrected chi connectivity index (χ3v) is 10.9. The second kappa shape index (κ2) is 14.5. The summed E-state index contributed by atoms with van der Waals surface area (Å²) in [4.78, 5) is 20.1. The second-order valence-electron chi connectivity index (χ2n) is 10.3. The first-order valence-corrected chi connectivity index (χ1v) is 17.4. The van der Waals surface area contributed by atoms with Crippen LogP contribution in [0, 0.1) is 11.8 Å². The van der Waals surface area contributed by atoms with E-state index in [-0.39, 0.29) is 0 Å². The van der Waals surface area contributed by atoms with Crippen LogP contribution in [0.2, 0.25) is 0 Å². The molecule has 4 rings (SSSR count). The lowest BCUT2D eigenvalue weighted by Gasteiger charge is -2.13. The zero-order valence-electron chi connectivity index (χ0n) is 23.0. The van der Waals surface area contributed by atoms with Gasteiger partial charge in [-0.05, 0) is 80.8 Å². The van der Waals surface area contributed by atoms with E-state index in [1.807, 2.05) is 22.7 Å². The molecule has 204 valence electrons. The molecule has 7 heteroatoms. The summed E-state index contributed by atoms with van der Waals surface area (Å²) in [5.74, 6) is 1.50. The van der Waals surface area contributed by atoms with Crippen LogP contribution in [0.15, 0.2) is 39.5 Å². The number of hydrogen-bond acceptors (Lipinski definition) is 5. The Morgan fingerprint density at radius 3 is 1.68 bits per heavy atom. The number of nitrogens with zero attached hydrogens (tertiary/aromatic N) is 3. The van der Waals surface area contributed by atoms with Crippen LogP contribution in [0.5, 0.6) is 0 Å². The van der Waals surface area contributed by atoms with Crippen molar-refractivity contribution in [3.05, 3.63) is 49.3 Å². The number of pyridine rings is 1. The molecule has 0 saturated carbocycles. The van der Waals surface area contributed by atoms with Gasteiger partial charge in [0.2, 0.25) is 0 Å². The second-order valence-corrected chi connectivity index (χ2v) is 14.2. The van der Waals surface area contributed by atoms with Crippen molar-refractivity contribution in [2.24, 2.45) is 11.8 Å². The average Bonchev–Trinajstić information content (AvgIpc) is 3.60. The summed E-state index contributed by atoms with van der Waals surface area (Å²) in [5, 5.41) is 0. The summed E-state index contributed by atoms with van der Waals surface area (Å²) in [6.45, 7) is 9.21. The highest BCUT2D eigenvalue weighted by Gasteiger charge is 2.20. The smallest absolute Gasteiger partial charge is 0.133 e. The molecule has 0 aliphatic carbocycles. The third-order valence-electron chi connectivity index (χ3n) is 7.47. The first-order chi connectivity index (χ1) is 18.5. The van der Waals surface area contributed by atoms with Gasteiger partial charge in [0.05, 0.1) is 14.2 Å². The number of halogens is 2. The highest BCUT2D eigenvalue weighted by Crippen LogP contribution is 2.40. The van der Waals surface area contributed by atoms with Crippen molar-refractivity contribution in [1.82, 2.24) is 15.0 Å². The Bertz CT molecular complexity index is 1230. The molecule has 2 atom stereocenters. The van der Waals surface area contributed by atoms with Gasteiger partial charge in [-0.2, -0.15) is 0 Å². The Labute approximate surface area is 253 Å². The first kappa shape index (κ1) is 29.8. The fraction of sp³-hybridized carbons (Fsp3) is 0.516. The molecule has 0 N–H and O–H groups in total. The molecule has 0 amide bonds. The van der Waals surface area contributed by atoms with E-state index < -0.39 is 0 Å². The van der Waals surface area contributed by atoms with Crippen LogP contribution in [-0.2, 0) is 12.8 Å². The quantitative estimate of drug-likeness (QED) is 0.125. The molecule has 38 heavy (non-hydrogen) atoms. The highest BCUT2D eigenvalue weighted by molar-refractivity contribution is 9.11. The van der Waals surface area contributed by atoms with Crippen molar-refractivity contribution < 1.29 is 0 Å². The van der Waals surface area contributed by atoms with Gasteiger partial charge in [-0.25, -0.2) is 15.0 Å². The maximum Gasteiger partial charge on any atom is 0.133 e. The van der Waals surface area contributed by atoms with Gasteiger partial charge in [-0.15, -0.1) is 22.7 Å². The van der Waals surface area contributed by atoms with Crippen molar-refractivity contribution in [2.45, 2.75) is 91.9 Å². The van der Waals surface area contributed by atoms with E-state index in [1.54, 1.807) is 6.20 Å². The predicted molar refractivity (Wildman–Crippen MR) is 173 cm³/mol. The Balaban J connectivity index is 1.72. The van der Waals surface area contributed by atoms with Crippen molar-refractivity contribution >= 4 is 65.6 Å². The van der Waals surface area contributed by atoms with Crippen LogP contribution < -0.4 is 0 Å². The number of fused-ring (bicyclic) bond motifs is 1. The molecule has 4 aromatic rings. The van der Waals surface area contributed by atoms with Crippen molar-refractivity contribution in [1.29, 1.82) is 0 Å². The summed E-state index contributed by atoms with van der Waals surface area (Å²) in [6.07, 6.45) is 14.3. The lowest BCUT2D eigenvalue weighted by Crippen LogP contribution is -2.01. The fourth-order valence-electron chi connectivity index (χ4n) is 5.01. The van der Waals surface area contributed by atoms with Gasteiger partial charge in [0.25, 0.3) is 0 Å². The normalized spacial score (nSPS) is 13.3. The number of hydrogen-bond donors (Lipinski definition) is 0. The minimum atomic E-state index is 0.729. The van der Waals surface area contributed by atoms with E-state index in [0.717, 1.165) is 56.2 Å². The van der Waals surface area contributed by atoms with E-state index in [1.165, 1.54) is 70.9 Å². The highest BCUT2D eigenvalue weighted by atomic mass is 79.9. The zero-order valence-corrected chi connectivity index (χ0v) is 27.8. The lowest BCUT2D eigenvalue weighted by molar-refractivity contribution is 0.452. The Kier molecular flexibility index (Phi) is 11.4. The van der Waals surface area contributed by atoms with Crippen molar-refractivity contribution in [3.8, 4) is 21.1 Å². The number of aromatic nitrogens is 3. The molecule has 0 fully saturated rings. The number of unbranched alkanes of at least 4 members (excludes halogenated alkanes) is 2. The van der Waals surface area contributed by atoms with Crippen molar-refractivity contribution in [3.63, 3.8) is 0 Å². The number of rotatable bonds is 14. The molecule has 0 radical (unpaired) electrons. The zero-order chi connectivity index (χ0) is 27.1. The summed E-state index contributed by atoms with van der Waals surface area (Å²) in [7, 11) is 0. The van der Waals surface area contributed by atoms with Gasteiger partial charge in [0, 0.05) is 16.0 Å². The van der Waals surface area contributed by atoms with E-state index in [0.29, 0.717) is 0 Å². The molecule has 0 spiro atoms. The predicted octanol–water partition coefficient (Wildman–Crippen LogP) is 11.5. The van der Waals surface area contributed by atoms with Gasteiger partial charge >= 0.3 is 0 Å². The van der Waals surface area contributed by atoms with E-state index >= 15 is 0 Å². The van der Waals surface area contributed by atoms with Crippen LogP contribution in [-0.4, -0.2) is 15.0 Å². The Hall–Kier alpha value is -1.15. The van der Waals surface area contributed by atoms with E-state index in [2.05, 4.69) is 88.8 Å². The van der Waals surface area contributed by atoms with Gasteiger partial charge in [-0.3, -0.25) is 0 Å². The molecule has 0 bridgehead atoms. The Morgan fingerprint density at radius 2 is 1.21 bits per heavy atom. The molecule has 0 aliphatic rings. The largest absolute Gasteiger partial charge is 0.246 e. The number of thiophene rings is 2. The summed E-state index contributed by atoms with van der Waals surface area (Å²) in [5.41, 5.74) is 3.57. The van der Waals surface area contributed by atoms with Crippen LogP contribution in [0.3, 0.4) is 0 Å².